The Balaban J connectivity index is 0.000000686. The lowest BCUT2D eigenvalue weighted by atomic mass is 10.2. The van der Waals surface area contributed by atoms with Crippen LogP contribution in [0.5, 0.6) is 0 Å². The lowest BCUT2D eigenvalue weighted by Gasteiger charge is -2.14. The predicted molar refractivity (Wildman–Crippen MR) is 66.1 cm³/mol. The quantitative estimate of drug-likeness (QED) is 0.854. The normalized spacial score (nSPS) is 23.0. The molecule has 1 aromatic rings. The van der Waals surface area contributed by atoms with Gasteiger partial charge in [-0.15, -0.1) is 0 Å². The highest BCUT2D eigenvalue weighted by Crippen LogP contribution is 2.28. The van der Waals surface area contributed by atoms with Crippen LogP contribution in [0.1, 0.15) is 46.3 Å². The van der Waals surface area contributed by atoms with E-state index in [0.717, 1.165) is 19.3 Å². The number of nitrogens with zero attached hydrogens (tertiary/aromatic N) is 1. The summed E-state index contributed by atoms with van der Waals surface area (Å²) in [7, 11) is 0. The number of hydrogen-bond donors (Lipinski definition) is 1. The number of aromatic nitrogens is 2. The van der Waals surface area contributed by atoms with Gasteiger partial charge < -0.3 is 4.74 Å². The Morgan fingerprint density at radius 2 is 2.12 bits per heavy atom. The van der Waals surface area contributed by atoms with Gasteiger partial charge in [0.15, 0.2) is 0 Å². The maximum absolute atomic E-state index is 11.4. The van der Waals surface area contributed by atoms with E-state index in [2.05, 4.69) is 11.9 Å². The maximum atomic E-state index is 11.4. The lowest BCUT2D eigenvalue weighted by molar-refractivity contribution is -0.00200. The van der Waals surface area contributed by atoms with Crippen LogP contribution in [0.25, 0.3) is 0 Å². The second-order valence-electron chi connectivity index (χ2n) is 3.72. The predicted octanol–water partition coefficient (Wildman–Crippen LogP) is 1.65. The molecule has 1 aliphatic heterocycles. The molecule has 1 fully saturated rings. The fourth-order valence-electron chi connectivity index (χ4n) is 1.85. The van der Waals surface area contributed by atoms with Crippen LogP contribution in [0.3, 0.4) is 0 Å². The molecule has 2 rings (SSSR count). The average Bonchev–Trinajstić information content (AvgIpc) is 2.80. The fourth-order valence-corrected chi connectivity index (χ4v) is 1.85. The third-order valence-electron chi connectivity index (χ3n) is 2.70. The van der Waals surface area contributed by atoms with Gasteiger partial charge >= 0.3 is 5.69 Å². The van der Waals surface area contributed by atoms with Crippen molar-refractivity contribution in [1.29, 1.82) is 0 Å². The first kappa shape index (κ1) is 13.7. The Kier molecular flexibility index (Phi) is 5.15. The zero-order valence-electron chi connectivity index (χ0n) is 10.6. The summed E-state index contributed by atoms with van der Waals surface area (Å²) in [5.74, 6) is 0. The molecule has 0 bridgehead atoms. The van der Waals surface area contributed by atoms with E-state index in [9.17, 15) is 9.59 Å². The van der Waals surface area contributed by atoms with Gasteiger partial charge in [0, 0.05) is 12.3 Å². The molecule has 2 atom stereocenters. The summed E-state index contributed by atoms with van der Waals surface area (Å²) in [4.78, 5) is 24.5. The lowest BCUT2D eigenvalue weighted by Crippen LogP contribution is -2.31. The molecule has 0 saturated carbocycles. The molecule has 0 spiro atoms. The molecule has 0 radical (unpaired) electrons. The highest BCUT2D eigenvalue weighted by atomic mass is 16.5. The van der Waals surface area contributed by atoms with Crippen molar-refractivity contribution in [2.75, 3.05) is 0 Å². The van der Waals surface area contributed by atoms with Crippen LogP contribution in [0.15, 0.2) is 21.9 Å². The molecule has 1 saturated heterocycles. The van der Waals surface area contributed by atoms with Crippen LogP contribution in [-0.2, 0) is 4.74 Å². The van der Waals surface area contributed by atoms with E-state index >= 15 is 0 Å². The Morgan fingerprint density at radius 3 is 2.65 bits per heavy atom. The minimum Gasteiger partial charge on any atom is -0.355 e. The summed E-state index contributed by atoms with van der Waals surface area (Å²) < 4.78 is 7.10. The van der Waals surface area contributed by atoms with Crippen molar-refractivity contribution < 1.29 is 4.74 Å². The molecule has 0 aromatic carbocycles. The van der Waals surface area contributed by atoms with E-state index in [1.807, 2.05) is 13.8 Å². The molecule has 1 aromatic heterocycles. The van der Waals surface area contributed by atoms with Gasteiger partial charge in [-0.3, -0.25) is 14.3 Å². The van der Waals surface area contributed by atoms with Crippen molar-refractivity contribution in [3.63, 3.8) is 0 Å². The van der Waals surface area contributed by atoms with Crippen molar-refractivity contribution in [3.05, 3.63) is 33.1 Å². The van der Waals surface area contributed by atoms with E-state index in [1.165, 1.54) is 16.8 Å². The summed E-state index contributed by atoms with van der Waals surface area (Å²) in [5.41, 5.74) is -0.773. The topological polar surface area (TPSA) is 64.1 Å². The number of ether oxygens (including phenoxy) is 1. The summed E-state index contributed by atoms with van der Waals surface area (Å²) in [6.07, 6.45) is 4.24. The number of aromatic amines is 1. The van der Waals surface area contributed by atoms with Gasteiger partial charge in [-0.1, -0.05) is 20.8 Å². The van der Waals surface area contributed by atoms with Crippen LogP contribution in [0.2, 0.25) is 0 Å². The average molecular weight is 240 g/mol. The van der Waals surface area contributed by atoms with Gasteiger partial charge in [0.2, 0.25) is 0 Å². The van der Waals surface area contributed by atoms with Gasteiger partial charge in [0.1, 0.15) is 6.23 Å². The van der Waals surface area contributed by atoms with E-state index in [1.54, 1.807) is 0 Å². The molecule has 1 N–H and O–H groups in total. The van der Waals surface area contributed by atoms with Gasteiger partial charge in [-0.25, -0.2) is 4.79 Å². The number of nitrogens with one attached hydrogen (secondary N) is 1. The van der Waals surface area contributed by atoms with Gasteiger partial charge in [-0.2, -0.15) is 0 Å². The summed E-state index contributed by atoms with van der Waals surface area (Å²) in [6.45, 7) is 6.06. The number of H-pyrrole nitrogens is 1. The zero-order chi connectivity index (χ0) is 12.8. The second kappa shape index (κ2) is 6.39. The number of hydrogen-bond acceptors (Lipinski definition) is 3. The van der Waals surface area contributed by atoms with E-state index < -0.39 is 5.69 Å². The van der Waals surface area contributed by atoms with E-state index in [-0.39, 0.29) is 17.9 Å². The first-order valence-corrected chi connectivity index (χ1v) is 6.17. The molecule has 2 heterocycles. The maximum Gasteiger partial charge on any atom is 0.330 e. The van der Waals surface area contributed by atoms with Gasteiger partial charge in [0.25, 0.3) is 5.56 Å². The van der Waals surface area contributed by atoms with Gasteiger partial charge in [-0.05, 0) is 19.3 Å². The first-order chi connectivity index (χ1) is 8.20. The largest absolute Gasteiger partial charge is 0.355 e. The minimum atomic E-state index is -0.399. The van der Waals surface area contributed by atoms with E-state index in [0.29, 0.717) is 0 Å². The Morgan fingerprint density at radius 1 is 1.41 bits per heavy atom. The summed E-state index contributed by atoms with van der Waals surface area (Å²) in [5, 5.41) is 0. The molecule has 2 unspecified atom stereocenters. The summed E-state index contributed by atoms with van der Waals surface area (Å²) >= 11 is 0. The molecular weight excluding hydrogens is 220 g/mol. The highest BCUT2D eigenvalue weighted by Gasteiger charge is 2.25. The Labute approximate surface area is 100 Å². The second-order valence-corrected chi connectivity index (χ2v) is 3.72. The molecule has 0 aliphatic carbocycles. The molecular formula is C12H20N2O3. The van der Waals surface area contributed by atoms with Crippen molar-refractivity contribution >= 4 is 0 Å². The van der Waals surface area contributed by atoms with Crippen LogP contribution in [0.4, 0.5) is 0 Å². The molecule has 0 amide bonds. The van der Waals surface area contributed by atoms with Gasteiger partial charge in [0.05, 0.1) is 6.10 Å². The Bertz CT molecular complexity index is 450. The molecule has 1 aliphatic rings. The van der Waals surface area contributed by atoms with Crippen molar-refractivity contribution in [1.82, 2.24) is 9.55 Å². The minimum absolute atomic E-state index is 0.223. The molecule has 17 heavy (non-hydrogen) atoms. The smallest absolute Gasteiger partial charge is 0.330 e. The summed E-state index contributed by atoms with van der Waals surface area (Å²) in [6, 6.07) is 1.34. The first-order valence-electron chi connectivity index (χ1n) is 6.17. The molecule has 96 valence electrons. The number of rotatable bonds is 2. The third kappa shape index (κ3) is 3.30. The van der Waals surface area contributed by atoms with Crippen molar-refractivity contribution in [2.24, 2.45) is 0 Å². The highest BCUT2D eigenvalue weighted by molar-refractivity contribution is 4.85. The zero-order valence-corrected chi connectivity index (χ0v) is 10.6. The monoisotopic (exact) mass is 240 g/mol. The fraction of sp³-hybridized carbons (Fsp3) is 0.667. The van der Waals surface area contributed by atoms with Crippen molar-refractivity contribution in [2.45, 2.75) is 52.4 Å². The van der Waals surface area contributed by atoms with Crippen LogP contribution >= 0.6 is 0 Å². The van der Waals surface area contributed by atoms with E-state index in [4.69, 9.17) is 4.74 Å². The third-order valence-corrected chi connectivity index (χ3v) is 2.70. The SMILES string of the molecule is CC.CCC1CCC(n2ccc(=O)[nH]c2=O)O1. The van der Waals surface area contributed by atoms with Crippen molar-refractivity contribution in [3.8, 4) is 0 Å². The van der Waals surface area contributed by atoms with Crippen LogP contribution in [0, 0.1) is 0 Å². The standard InChI is InChI=1S/C10H14N2O3.C2H6/c1-2-7-3-4-9(15-7)12-6-5-8(13)11-10(12)14;1-2/h5-7,9H,2-4H2,1H3,(H,11,13,14);1-2H3. The molecule has 5 heteroatoms. The van der Waals surface area contributed by atoms with Crippen LogP contribution < -0.4 is 11.2 Å². The molecule has 5 nitrogen and oxygen atoms in total. The Hall–Kier alpha value is -1.36. The van der Waals surface area contributed by atoms with Crippen LogP contribution in [-0.4, -0.2) is 15.7 Å².